The second-order valence-electron chi connectivity index (χ2n) is 6.20. The molecule has 1 N–H and O–H groups in total. The molecule has 1 aliphatic rings. The van der Waals surface area contributed by atoms with Crippen molar-refractivity contribution in [3.63, 3.8) is 0 Å². The number of nitrogens with one attached hydrogen (secondary N) is 1. The van der Waals surface area contributed by atoms with Crippen LogP contribution in [0.1, 0.15) is 29.9 Å². The molecule has 0 saturated carbocycles. The number of hydrogen-bond donors (Lipinski definition) is 1. The number of nitrogens with zero attached hydrogens (tertiary/aromatic N) is 2. The second kappa shape index (κ2) is 7.76. The second-order valence-corrected chi connectivity index (χ2v) is 7.06. The molecule has 1 saturated heterocycles. The zero-order valence-electron chi connectivity index (χ0n) is 14.3. The van der Waals surface area contributed by atoms with Gasteiger partial charge in [-0.05, 0) is 26.0 Å². The summed E-state index contributed by atoms with van der Waals surface area (Å²) in [6, 6.07) is 8.97. The maximum absolute atomic E-state index is 12.5. The van der Waals surface area contributed by atoms with Crippen molar-refractivity contribution in [2.75, 3.05) is 18.4 Å². The minimum atomic E-state index is -0.205. The minimum absolute atomic E-state index is 0.0354. The Labute approximate surface area is 150 Å². The molecule has 1 aromatic heterocycles. The first-order valence-electron chi connectivity index (χ1n) is 8.25. The fourth-order valence-corrected chi connectivity index (χ4v) is 3.56. The number of carbonyl (C=O) groups is 2. The van der Waals surface area contributed by atoms with Crippen molar-refractivity contribution >= 4 is 28.3 Å². The number of hydrogen-bond acceptors (Lipinski definition) is 5. The van der Waals surface area contributed by atoms with E-state index in [1.165, 1.54) is 11.3 Å². The van der Waals surface area contributed by atoms with Crippen LogP contribution in [-0.4, -0.2) is 47.0 Å². The van der Waals surface area contributed by atoms with Gasteiger partial charge >= 0.3 is 0 Å². The lowest BCUT2D eigenvalue weighted by Crippen LogP contribution is -2.48. The summed E-state index contributed by atoms with van der Waals surface area (Å²) in [6.45, 7) is 5.14. The van der Waals surface area contributed by atoms with Gasteiger partial charge in [0.15, 0.2) is 5.13 Å². The third-order valence-corrected chi connectivity index (χ3v) is 4.72. The number of ether oxygens (including phenoxy) is 1. The van der Waals surface area contributed by atoms with Crippen LogP contribution in [0.4, 0.5) is 5.13 Å². The van der Waals surface area contributed by atoms with Crippen LogP contribution in [0.5, 0.6) is 0 Å². The molecule has 1 aromatic carbocycles. The molecule has 0 radical (unpaired) electrons. The number of aromatic nitrogens is 1. The van der Waals surface area contributed by atoms with Gasteiger partial charge in [-0.15, -0.1) is 11.3 Å². The van der Waals surface area contributed by atoms with E-state index in [9.17, 15) is 9.59 Å². The molecule has 1 fully saturated rings. The Morgan fingerprint density at radius 1 is 1.24 bits per heavy atom. The first-order valence-corrected chi connectivity index (χ1v) is 9.13. The molecule has 0 aliphatic carbocycles. The lowest BCUT2D eigenvalue weighted by atomic mass is 10.2. The zero-order chi connectivity index (χ0) is 17.8. The van der Waals surface area contributed by atoms with Crippen molar-refractivity contribution in [2.45, 2.75) is 32.5 Å². The molecule has 2 aromatic rings. The monoisotopic (exact) mass is 359 g/mol. The lowest BCUT2D eigenvalue weighted by Gasteiger charge is -2.35. The van der Waals surface area contributed by atoms with E-state index in [1.54, 1.807) is 12.1 Å². The van der Waals surface area contributed by atoms with Gasteiger partial charge in [0, 0.05) is 24.0 Å². The topological polar surface area (TPSA) is 71.5 Å². The van der Waals surface area contributed by atoms with E-state index in [1.807, 2.05) is 42.3 Å². The van der Waals surface area contributed by atoms with Crippen molar-refractivity contribution < 1.29 is 14.3 Å². The summed E-state index contributed by atoms with van der Waals surface area (Å²) in [7, 11) is 0. The first-order chi connectivity index (χ1) is 12.0. The summed E-state index contributed by atoms with van der Waals surface area (Å²) in [5.41, 5.74) is 1.25. The Bertz CT molecular complexity index is 737. The zero-order valence-corrected chi connectivity index (χ0v) is 15.1. The Balaban J connectivity index is 1.58. The summed E-state index contributed by atoms with van der Waals surface area (Å²) in [4.78, 5) is 30.8. The number of morpholine rings is 1. The molecular weight excluding hydrogens is 338 g/mol. The standard InChI is InChI=1S/C18H21N3O3S/c1-12-9-21(10-13(2)24-12)16(22)8-15-11-25-18(19-15)20-17(23)14-6-4-3-5-7-14/h3-7,11-13H,8-10H2,1-2H3,(H,19,20,23). The van der Waals surface area contributed by atoms with Crippen LogP contribution < -0.4 is 5.32 Å². The number of thiazole rings is 1. The first kappa shape index (κ1) is 17.6. The largest absolute Gasteiger partial charge is 0.372 e. The highest BCUT2D eigenvalue weighted by Crippen LogP contribution is 2.18. The molecule has 6 nitrogen and oxygen atoms in total. The van der Waals surface area contributed by atoms with Gasteiger partial charge in [0.2, 0.25) is 5.91 Å². The van der Waals surface area contributed by atoms with Gasteiger partial charge in [-0.25, -0.2) is 4.98 Å². The van der Waals surface area contributed by atoms with E-state index in [0.717, 1.165) is 0 Å². The highest BCUT2D eigenvalue weighted by atomic mass is 32.1. The van der Waals surface area contributed by atoms with Crippen molar-refractivity contribution in [3.8, 4) is 0 Å². The Morgan fingerprint density at radius 3 is 2.60 bits per heavy atom. The number of amides is 2. The Hall–Kier alpha value is -2.25. The molecule has 7 heteroatoms. The van der Waals surface area contributed by atoms with E-state index in [4.69, 9.17) is 4.74 Å². The van der Waals surface area contributed by atoms with Crippen LogP contribution in [-0.2, 0) is 16.0 Å². The molecule has 2 amide bonds. The number of benzene rings is 1. The maximum atomic E-state index is 12.5. The van der Waals surface area contributed by atoms with Gasteiger partial charge in [0.05, 0.1) is 24.3 Å². The van der Waals surface area contributed by atoms with E-state index in [2.05, 4.69) is 10.3 Å². The average Bonchev–Trinajstić information content (AvgIpc) is 3.01. The summed E-state index contributed by atoms with van der Waals surface area (Å²) in [5.74, 6) is -0.170. The molecule has 2 atom stereocenters. The minimum Gasteiger partial charge on any atom is -0.372 e. The molecule has 0 bridgehead atoms. The third-order valence-electron chi connectivity index (χ3n) is 3.91. The van der Waals surface area contributed by atoms with E-state index < -0.39 is 0 Å². The SMILES string of the molecule is CC1CN(C(=O)Cc2csc(NC(=O)c3ccccc3)n2)CC(C)O1. The highest BCUT2D eigenvalue weighted by Gasteiger charge is 2.26. The van der Waals surface area contributed by atoms with Gasteiger partial charge in [-0.1, -0.05) is 18.2 Å². The molecule has 132 valence electrons. The molecule has 1 aliphatic heterocycles. The number of carbonyl (C=O) groups excluding carboxylic acids is 2. The quantitative estimate of drug-likeness (QED) is 0.911. The van der Waals surface area contributed by atoms with Crippen LogP contribution in [0.25, 0.3) is 0 Å². The molecule has 3 rings (SSSR count). The van der Waals surface area contributed by atoms with E-state index in [-0.39, 0.29) is 30.4 Å². The average molecular weight is 359 g/mol. The summed E-state index contributed by atoms with van der Waals surface area (Å²) in [6.07, 6.45) is 0.324. The summed E-state index contributed by atoms with van der Waals surface area (Å²) < 4.78 is 5.65. The molecule has 0 spiro atoms. The third kappa shape index (κ3) is 4.64. The molecule has 2 heterocycles. The van der Waals surface area contributed by atoms with E-state index >= 15 is 0 Å². The van der Waals surface area contributed by atoms with Crippen LogP contribution >= 0.6 is 11.3 Å². The summed E-state index contributed by atoms with van der Waals surface area (Å²) >= 11 is 1.32. The highest BCUT2D eigenvalue weighted by molar-refractivity contribution is 7.14. The Kier molecular flexibility index (Phi) is 5.45. The smallest absolute Gasteiger partial charge is 0.257 e. The fourth-order valence-electron chi connectivity index (χ4n) is 2.85. The van der Waals surface area contributed by atoms with Gasteiger partial charge in [-0.3, -0.25) is 14.9 Å². The summed E-state index contributed by atoms with van der Waals surface area (Å²) in [5, 5.41) is 5.08. The van der Waals surface area contributed by atoms with Crippen molar-refractivity contribution in [1.29, 1.82) is 0 Å². The van der Waals surface area contributed by atoms with Gasteiger partial charge < -0.3 is 9.64 Å². The number of anilines is 1. The van der Waals surface area contributed by atoms with Gasteiger partial charge in [0.25, 0.3) is 5.91 Å². The molecule has 25 heavy (non-hydrogen) atoms. The predicted molar refractivity (Wildman–Crippen MR) is 96.8 cm³/mol. The number of rotatable bonds is 4. The van der Waals surface area contributed by atoms with Gasteiger partial charge in [-0.2, -0.15) is 0 Å². The van der Waals surface area contributed by atoms with Crippen LogP contribution in [0, 0.1) is 0 Å². The van der Waals surface area contributed by atoms with Crippen LogP contribution in [0.15, 0.2) is 35.7 Å². The molecule has 2 unspecified atom stereocenters. The van der Waals surface area contributed by atoms with E-state index in [0.29, 0.717) is 29.5 Å². The van der Waals surface area contributed by atoms with Crippen LogP contribution in [0.2, 0.25) is 0 Å². The van der Waals surface area contributed by atoms with Crippen molar-refractivity contribution in [2.24, 2.45) is 0 Å². The van der Waals surface area contributed by atoms with Crippen LogP contribution in [0.3, 0.4) is 0 Å². The van der Waals surface area contributed by atoms with Crippen molar-refractivity contribution in [3.05, 3.63) is 47.0 Å². The lowest BCUT2D eigenvalue weighted by molar-refractivity contribution is -0.142. The van der Waals surface area contributed by atoms with Crippen molar-refractivity contribution in [1.82, 2.24) is 9.88 Å². The van der Waals surface area contributed by atoms with Gasteiger partial charge in [0.1, 0.15) is 0 Å². The molecular formula is C18H21N3O3S. The maximum Gasteiger partial charge on any atom is 0.257 e. The Morgan fingerprint density at radius 2 is 1.92 bits per heavy atom. The normalized spacial score (nSPS) is 20.3. The predicted octanol–water partition coefficient (Wildman–Crippen LogP) is 2.57. The fraction of sp³-hybridized carbons (Fsp3) is 0.389.